The molecule has 2 nitrogen and oxygen atoms in total. The third kappa shape index (κ3) is 15.7. The number of allylic oxidation sites excluding steroid dienone is 4. The molecule has 0 heterocycles. The quantitative estimate of drug-likeness (QED) is 0.456. The Balaban J connectivity index is -0.0000000875. The van der Waals surface area contributed by atoms with Gasteiger partial charge >= 0.3 is 0 Å². The van der Waals surface area contributed by atoms with Crippen molar-refractivity contribution in [2.24, 2.45) is 0 Å². The molecule has 0 amide bonds. The Morgan fingerprint density at radius 3 is 1.80 bits per heavy atom. The maximum Gasteiger partial charge on any atom is 0.106 e. The molecule has 1 rings (SSSR count). The monoisotopic (exact) mass is 228 g/mol. The molecule has 0 atom stereocenters. The van der Waals surface area contributed by atoms with Gasteiger partial charge in [-0.2, -0.15) is 6.08 Å². The maximum absolute atomic E-state index is 8.00. The van der Waals surface area contributed by atoms with Crippen LogP contribution in [0.1, 0.15) is 6.42 Å². The van der Waals surface area contributed by atoms with Crippen LogP contribution < -0.4 is 0 Å². The Kier molecular flexibility index (Phi) is 38.4. The first kappa shape index (κ1) is 16.2. The van der Waals surface area contributed by atoms with Crippen molar-refractivity contribution in [3.05, 3.63) is 24.3 Å². The van der Waals surface area contributed by atoms with Gasteiger partial charge in [-0.25, -0.2) is 12.2 Å². The van der Waals surface area contributed by atoms with Gasteiger partial charge in [-0.1, -0.05) is 0 Å². The van der Waals surface area contributed by atoms with Gasteiger partial charge in [0.1, 0.15) is 13.6 Å². The van der Waals surface area contributed by atoms with Crippen molar-refractivity contribution < 1.29 is 29.1 Å². The zero-order valence-electron chi connectivity index (χ0n) is 5.50. The fourth-order valence-corrected chi connectivity index (χ4v) is 0.340. The first-order valence-electron chi connectivity index (χ1n) is 2.29. The largest absolute Gasteiger partial charge is 0.307 e. The van der Waals surface area contributed by atoms with Crippen LogP contribution in [0.4, 0.5) is 0 Å². The van der Waals surface area contributed by atoms with Gasteiger partial charge in [-0.3, -0.25) is 6.08 Å². The van der Waals surface area contributed by atoms with Crippen LogP contribution in [0, 0.1) is 6.08 Å². The minimum Gasteiger partial charge on any atom is -0.307 e. The van der Waals surface area contributed by atoms with Crippen LogP contribution in [0.15, 0.2) is 18.2 Å². The van der Waals surface area contributed by atoms with Crippen LogP contribution in [-0.4, -0.2) is 13.6 Å². The molecule has 0 aromatic rings. The van der Waals surface area contributed by atoms with Gasteiger partial charge in [0.15, 0.2) is 0 Å². The average molecular weight is 228 g/mol. The number of carbonyl (C=O) groups is 2. The van der Waals surface area contributed by atoms with Crippen molar-refractivity contribution in [2.75, 3.05) is 0 Å². The van der Waals surface area contributed by atoms with Crippen LogP contribution in [-0.2, 0) is 29.1 Å². The van der Waals surface area contributed by atoms with Gasteiger partial charge in [0.05, 0.1) is 0 Å². The predicted molar refractivity (Wildman–Crippen MR) is 35.8 cm³/mol. The number of hydrogen-bond acceptors (Lipinski definition) is 2. The van der Waals surface area contributed by atoms with Crippen LogP contribution >= 0.6 is 0 Å². The third-order valence-corrected chi connectivity index (χ3v) is 0.586. The molecule has 0 bridgehead atoms. The van der Waals surface area contributed by atoms with Crippen LogP contribution in [0.25, 0.3) is 0 Å². The van der Waals surface area contributed by atoms with Crippen molar-refractivity contribution in [1.82, 2.24) is 0 Å². The summed E-state index contributed by atoms with van der Waals surface area (Å²) in [6, 6.07) is 0. The van der Waals surface area contributed by atoms with E-state index in [-0.39, 0.29) is 19.5 Å². The second kappa shape index (κ2) is 23.7. The van der Waals surface area contributed by atoms with E-state index in [0.717, 1.165) is 6.42 Å². The van der Waals surface area contributed by atoms with E-state index >= 15 is 0 Å². The van der Waals surface area contributed by atoms with E-state index in [1.807, 2.05) is 25.7 Å². The van der Waals surface area contributed by atoms with E-state index in [2.05, 4.69) is 12.2 Å². The molecule has 0 spiro atoms. The second-order valence-electron chi connectivity index (χ2n) is 1.00. The third-order valence-electron chi connectivity index (χ3n) is 0.586. The molecule has 0 unspecified atom stereocenters. The Morgan fingerprint density at radius 2 is 1.70 bits per heavy atom. The zero-order chi connectivity index (χ0) is 7.54. The first-order chi connectivity index (χ1) is 4.50. The summed E-state index contributed by atoms with van der Waals surface area (Å²) >= 11 is 0. The number of carbonyl (C=O) groups excluding carboxylic acids is 2. The molecule has 0 saturated carbocycles. The Hall–Kier alpha value is -0.557. The first-order valence-corrected chi connectivity index (χ1v) is 2.29. The summed E-state index contributed by atoms with van der Waals surface area (Å²) in [6.45, 7) is 4.00. The van der Waals surface area contributed by atoms with Crippen LogP contribution in [0.5, 0.6) is 0 Å². The maximum atomic E-state index is 8.00. The SMILES string of the molecule is C=O.C=O.[C-]1=CC=CC1.[Rh]. The van der Waals surface area contributed by atoms with Gasteiger partial charge in [-0.15, -0.1) is 6.42 Å². The predicted octanol–water partition coefficient (Wildman–Crippen LogP) is 0.933. The minimum absolute atomic E-state index is 0. The molecular weight excluding hydrogens is 219 g/mol. The molecule has 0 saturated heterocycles. The molecule has 0 N–H and O–H groups in total. The normalized spacial score (nSPS) is 9.60. The molecule has 10 heavy (non-hydrogen) atoms. The minimum atomic E-state index is 0. The number of hydrogen-bond donors (Lipinski definition) is 0. The van der Waals surface area contributed by atoms with E-state index in [1.54, 1.807) is 0 Å². The molecule has 0 aromatic carbocycles. The van der Waals surface area contributed by atoms with E-state index in [0.29, 0.717) is 0 Å². The molecule has 1 aliphatic rings. The molecule has 1 radical (unpaired) electrons. The van der Waals surface area contributed by atoms with Crippen molar-refractivity contribution in [2.45, 2.75) is 6.42 Å². The summed E-state index contributed by atoms with van der Waals surface area (Å²) < 4.78 is 0. The van der Waals surface area contributed by atoms with E-state index < -0.39 is 0 Å². The summed E-state index contributed by atoms with van der Waals surface area (Å²) in [7, 11) is 0. The van der Waals surface area contributed by atoms with E-state index in [9.17, 15) is 0 Å². The zero-order valence-corrected chi connectivity index (χ0v) is 7.14. The molecule has 0 aromatic heterocycles. The fraction of sp³-hybridized carbons (Fsp3) is 0.143. The summed E-state index contributed by atoms with van der Waals surface area (Å²) in [5, 5.41) is 0. The van der Waals surface area contributed by atoms with Crippen LogP contribution in [0.3, 0.4) is 0 Å². The fourth-order valence-electron chi connectivity index (χ4n) is 0.340. The molecule has 59 valence electrons. The second-order valence-corrected chi connectivity index (χ2v) is 1.00. The van der Waals surface area contributed by atoms with Crippen molar-refractivity contribution in [3.63, 3.8) is 0 Å². The molecule has 0 fully saturated rings. The van der Waals surface area contributed by atoms with Crippen molar-refractivity contribution in [3.8, 4) is 0 Å². The van der Waals surface area contributed by atoms with Crippen LogP contribution in [0.2, 0.25) is 0 Å². The van der Waals surface area contributed by atoms with Gasteiger partial charge < -0.3 is 9.59 Å². The molecule has 3 heteroatoms. The summed E-state index contributed by atoms with van der Waals surface area (Å²) in [5.74, 6) is 0. The summed E-state index contributed by atoms with van der Waals surface area (Å²) in [6.07, 6.45) is 10.0. The van der Waals surface area contributed by atoms with E-state index in [1.165, 1.54) is 0 Å². The molecule has 0 aliphatic heterocycles. The Bertz CT molecular complexity index is 87.8. The van der Waals surface area contributed by atoms with Gasteiger partial charge in [0, 0.05) is 19.5 Å². The van der Waals surface area contributed by atoms with Gasteiger partial charge in [-0.05, 0) is 0 Å². The standard InChI is InChI=1S/C5H5.2CH2O.Rh/c1-2-4-5-3-1;2*1-2;/h1-3H,4H2;2*1H2;/q-1;;;. The Labute approximate surface area is 73.8 Å². The van der Waals surface area contributed by atoms with Gasteiger partial charge in [0.2, 0.25) is 0 Å². The molecule has 1 aliphatic carbocycles. The van der Waals surface area contributed by atoms with E-state index in [4.69, 9.17) is 9.59 Å². The van der Waals surface area contributed by atoms with Crippen molar-refractivity contribution >= 4 is 13.6 Å². The topological polar surface area (TPSA) is 34.1 Å². The van der Waals surface area contributed by atoms with Gasteiger partial charge in [0.25, 0.3) is 0 Å². The van der Waals surface area contributed by atoms with Crippen molar-refractivity contribution in [1.29, 1.82) is 0 Å². The Morgan fingerprint density at radius 1 is 1.20 bits per heavy atom. The summed E-state index contributed by atoms with van der Waals surface area (Å²) in [5.41, 5.74) is 0. The molecular formula is C7H9O2Rh-. The number of rotatable bonds is 0. The smallest absolute Gasteiger partial charge is 0.106 e. The average Bonchev–Trinajstić information content (AvgIpc) is 2.51. The summed E-state index contributed by atoms with van der Waals surface area (Å²) in [4.78, 5) is 16.0.